The minimum absolute atomic E-state index is 0.191. The predicted molar refractivity (Wildman–Crippen MR) is 111 cm³/mol. The molecule has 0 saturated heterocycles. The first kappa shape index (κ1) is 20.4. The molecule has 1 aliphatic heterocycles. The number of amides is 4. The summed E-state index contributed by atoms with van der Waals surface area (Å²) in [5.74, 6) is -0.702. The Balaban J connectivity index is 1.58. The Morgan fingerprint density at radius 1 is 1.00 bits per heavy atom. The van der Waals surface area contributed by atoms with Crippen LogP contribution in [-0.2, 0) is 17.9 Å². The summed E-state index contributed by atoms with van der Waals surface area (Å²) in [6.07, 6.45) is 0.480. The van der Waals surface area contributed by atoms with Gasteiger partial charge in [0.1, 0.15) is 6.04 Å². The van der Waals surface area contributed by atoms with Crippen LogP contribution in [0, 0.1) is 5.92 Å². The zero-order valence-corrected chi connectivity index (χ0v) is 16.6. The topological polar surface area (TPSA) is 105 Å². The maximum Gasteiger partial charge on any atom is 0.322 e. The molecule has 0 aromatic heterocycles. The van der Waals surface area contributed by atoms with E-state index in [9.17, 15) is 14.4 Å². The monoisotopic (exact) mass is 394 g/mol. The second kappa shape index (κ2) is 8.77. The summed E-state index contributed by atoms with van der Waals surface area (Å²) in [5.41, 5.74) is 8.67. The molecule has 1 heterocycles. The largest absolute Gasteiger partial charge is 0.368 e. The summed E-state index contributed by atoms with van der Waals surface area (Å²) in [7, 11) is 0. The first-order valence-corrected chi connectivity index (χ1v) is 9.66. The predicted octanol–water partition coefficient (Wildman–Crippen LogP) is 2.86. The van der Waals surface area contributed by atoms with Gasteiger partial charge in [0.15, 0.2) is 0 Å². The highest BCUT2D eigenvalue weighted by molar-refractivity contribution is 5.98. The van der Waals surface area contributed by atoms with Crippen LogP contribution in [0.1, 0.15) is 41.8 Å². The number of carbonyl (C=O) groups is 3. The van der Waals surface area contributed by atoms with Crippen molar-refractivity contribution in [2.24, 2.45) is 11.7 Å². The van der Waals surface area contributed by atoms with E-state index in [0.29, 0.717) is 30.8 Å². The summed E-state index contributed by atoms with van der Waals surface area (Å²) >= 11 is 0. The van der Waals surface area contributed by atoms with Crippen molar-refractivity contribution >= 4 is 23.5 Å². The lowest BCUT2D eigenvalue weighted by Gasteiger charge is -2.18. The van der Waals surface area contributed by atoms with Gasteiger partial charge in [0, 0.05) is 24.3 Å². The van der Waals surface area contributed by atoms with Crippen LogP contribution >= 0.6 is 0 Å². The van der Waals surface area contributed by atoms with Crippen LogP contribution in [0.4, 0.5) is 10.5 Å². The van der Waals surface area contributed by atoms with Crippen molar-refractivity contribution in [2.75, 3.05) is 5.32 Å². The maximum atomic E-state index is 12.5. The molecule has 4 N–H and O–H groups in total. The second-order valence-electron chi connectivity index (χ2n) is 7.69. The Labute approximate surface area is 170 Å². The Morgan fingerprint density at radius 2 is 1.59 bits per heavy atom. The lowest BCUT2D eigenvalue weighted by atomic mass is 10.0. The van der Waals surface area contributed by atoms with Crippen LogP contribution in [0.3, 0.4) is 0 Å². The first-order valence-electron chi connectivity index (χ1n) is 9.66. The molecular formula is C22H26N4O3. The number of urea groups is 1. The summed E-state index contributed by atoms with van der Waals surface area (Å²) in [6, 6.07) is 13.6. The minimum Gasteiger partial charge on any atom is -0.368 e. The van der Waals surface area contributed by atoms with Crippen molar-refractivity contribution in [1.82, 2.24) is 10.2 Å². The zero-order chi connectivity index (χ0) is 21.0. The molecule has 3 rings (SSSR count). The van der Waals surface area contributed by atoms with Crippen LogP contribution in [0.5, 0.6) is 0 Å². The van der Waals surface area contributed by atoms with Gasteiger partial charge in [-0.3, -0.25) is 9.59 Å². The number of benzene rings is 2. The number of nitrogens with two attached hydrogens (primary N) is 1. The number of rotatable bonds is 6. The molecule has 0 fully saturated rings. The van der Waals surface area contributed by atoms with Gasteiger partial charge in [0.05, 0.1) is 0 Å². The summed E-state index contributed by atoms with van der Waals surface area (Å²) < 4.78 is 0. The van der Waals surface area contributed by atoms with E-state index in [1.54, 1.807) is 29.2 Å². The molecule has 7 nitrogen and oxygen atoms in total. The average molecular weight is 394 g/mol. The average Bonchev–Trinajstić information content (AvgIpc) is 3.12. The molecule has 0 unspecified atom stereocenters. The quantitative estimate of drug-likeness (QED) is 0.702. The smallest absolute Gasteiger partial charge is 0.322 e. The minimum atomic E-state index is -0.710. The molecule has 1 aliphatic rings. The number of nitrogens with one attached hydrogen (secondary N) is 2. The van der Waals surface area contributed by atoms with E-state index in [1.807, 2.05) is 38.1 Å². The highest BCUT2D eigenvalue weighted by Gasteiger charge is 2.23. The normalized spacial score (nSPS) is 13.7. The van der Waals surface area contributed by atoms with E-state index in [1.165, 1.54) is 0 Å². The zero-order valence-electron chi connectivity index (χ0n) is 16.6. The van der Waals surface area contributed by atoms with Gasteiger partial charge in [-0.15, -0.1) is 0 Å². The molecule has 1 atom stereocenters. The van der Waals surface area contributed by atoms with Crippen LogP contribution in [0.25, 0.3) is 0 Å². The number of hydrogen-bond acceptors (Lipinski definition) is 3. The fraction of sp³-hybridized carbons (Fsp3) is 0.318. The second-order valence-corrected chi connectivity index (χ2v) is 7.69. The fourth-order valence-electron chi connectivity index (χ4n) is 3.34. The molecule has 0 saturated carbocycles. The molecule has 0 aliphatic carbocycles. The van der Waals surface area contributed by atoms with Gasteiger partial charge in [-0.1, -0.05) is 38.1 Å². The van der Waals surface area contributed by atoms with Crippen LogP contribution < -0.4 is 16.4 Å². The van der Waals surface area contributed by atoms with Crippen molar-refractivity contribution in [3.05, 3.63) is 65.2 Å². The molecule has 29 heavy (non-hydrogen) atoms. The molecule has 4 amide bonds. The van der Waals surface area contributed by atoms with Crippen molar-refractivity contribution < 1.29 is 14.4 Å². The number of carbonyl (C=O) groups excluding carboxylic acids is 3. The van der Waals surface area contributed by atoms with Crippen LogP contribution in [-0.4, -0.2) is 28.8 Å². The standard InChI is InChI=1S/C22H26N4O3/c1-14(2)11-19(20(23)27)25-21(28)15-7-9-18(10-8-15)24-22(29)26-12-16-5-3-4-6-17(16)13-26/h3-10,14,19H,11-13H2,1-2H3,(H2,23,27)(H,24,29)(H,25,28)/t19-/m1/s1. The lowest BCUT2D eigenvalue weighted by Crippen LogP contribution is -2.45. The summed E-state index contributed by atoms with van der Waals surface area (Å²) in [6.45, 7) is 5.07. The molecular weight excluding hydrogens is 368 g/mol. The van der Waals surface area contributed by atoms with E-state index in [-0.39, 0.29) is 17.9 Å². The molecule has 7 heteroatoms. The van der Waals surface area contributed by atoms with Gasteiger partial charge in [0.25, 0.3) is 5.91 Å². The van der Waals surface area contributed by atoms with Gasteiger partial charge in [0.2, 0.25) is 5.91 Å². The molecule has 2 aromatic rings. The van der Waals surface area contributed by atoms with Crippen LogP contribution in [0.15, 0.2) is 48.5 Å². The van der Waals surface area contributed by atoms with Gasteiger partial charge >= 0.3 is 6.03 Å². The highest BCUT2D eigenvalue weighted by atomic mass is 16.2. The molecule has 2 aromatic carbocycles. The Hall–Kier alpha value is -3.35. The highest BCUT2D eigenvalue weighted by Crippen LogP contribution is 2.23. The van der Waals surface area contributed by atoms with Gasteiger partial charge in [-0.25, -0.2) is 4.79 Å². The lowest BCUT2D eigenvalue weighted by molar-refractivity contribution is -0.120. The molecule has 0 bridgehead atoms. The number of anilines is 1. The van der Waals surface area contributed by atoms with Crippen molar-refractivity contribution in [1.29, 1.82) is 0 Å². The number of fused-ring (bicyclic) bond motifs is 1. The number of hydrogen-bond donors (Lipinski definition) is 3. The maximum absolute atomic E-state index is 12.5. The SMILES string of the molecule is CC(C)C[C@@H](NC(=O)c1ccc(NC(=O)N2Cc3ccccc3C2)cc1)C(N)=O. The van der Waals surface area contributed by atoms with Crippen molar-refractivity contribution in [3.8, 4) is 0 Å². The van der Waals surface area contributed by atoms with E-state index < -0.39 is 11.9 Å². The van der Waals surface area contributed by atoms with E-state index in [0.717, 1.165) is 11.1 Å². The Morgan fingerprint density at radius 3 is 2.10 bits per heavy atom. The third-order valence-electron chi connectivity index (χ3n) is 4.88. The van der Waals surface area contributed by atoms with Crippen LogP contribution in [0.2, 0.25) is 0 Å². The first-order chi connectivity index (χ1) is 13.8. The van der Waals surface area contributed by atoms with Crippen molar-refractivity contribution in [2.45, 2.75) is 39.4 Å². The molecule has 0 spiro atoms. The van der Waals surface area contributed by atoms with Gasteiger partial charge < -0.3 is 21.3 Å². The molecule has 152 valence electrons. The fourth-order valence-corrected chi connectivity index (χ4v) is 3.34. The Kier molecular flexibility index (Phi) is 6.16. The van der Waals surface area contributed by atoms with E-state index in [4.69, 9.17) is 5.73 Å². The summed E-state index contributed by atoms with van der Waals surface area (Å²) in [5, 5.41) is 5.52. The van der Waals surface area contributed by atoms with E-state index >= 15 is 0 Å². The summed E-state index contributed by atoms with van der Waals surface area (Å²) in [4.78, 5) is 38.2. The number of primary amides is 1. The third-order valence-corrected chi connectivity index (χ3v) is 4.88. The molecule has 0 radical (unpaired) electrons. The van der Waals surface area contributed by atoms with E-state index in [2.05, 4.69) is 10.6 Å². The van der Waals surface area contributed by atoms with Gasteiger partial charge in [-0.2, -0.15) is 0 Å². The van der Waals surface area contributed by atoms with Crippen molar-refractivity contribution in [3.63, 3.8) is 0 Å². The Bertz CT molecular complexity index is 884. The number of nitrogens with zero attached hydrogens (tertiary/aromatic N) is 1. The third kappa shape index (κ3) is 5.13. The van der Waals surface area contributed by atoms with Gasteiger partial charge in [-0.05, 0) is 47.7 Å².